The SMILES string of the molecule is C.O=C(O)c1ccc(O)c(CNCCNCc2cc(C(=O)O)ccc2O)c1. The van der Waals surface area contributed by atoms with E-state index in [-0.39, 0.29) is 30.1 Å². The van der Waals surface area contributed by atoms with E-state index in [1.54, 1.807) is 0 Å². The molecule has 0 heterocycles. The molecule has 0 unspecified atom stereocenters. The average Bonchev–Trinajstić information content (AvgIpc) is 2.60. The molecule has 2 aromatic rings. The van der Waals surface area contributed by atoms with Gasteiger partial charge in [-0.05, 0) is 36.4 Å². The van der Waals surface area contributed by atoms with Crippen LogP contribution in [0.15, 0.2) is 36.4 Å². The zero-order valence-corrected chi connectivity index (χ0v) is 13.9. The fourth-order valence-corrected chi connectivity index (χ4v) is 2.34. The highest BCUT2D eigenvalue weighted by Crippen LogP contribution is 2.19. The molecule has 2 aromatic carbocycles. The Morgan fingerprint density at radius 2 is 1.11 bits per heavy atom. The van der Waals surface area contributed by atoms with Crippen LogP contribution in [0.25, 0.3) is 0 Å². The van der Waals surface area contributed by atoms with Gasteiger partial charge in [-0.1, -0.05) is 7.43 Å². The fraction of sp³-hybridized carbons (Fsp3) is 0.263. The molecule has 8 heteroatoms. The molecule has 0 bridgehead atoms. The van der Waals surface area contributed by atoms with Crippen LogP contribution < -0.4 is 10.6 Å². The van der Waals surface area contributed by atoms with Gasteiger partial charge in [0.05, 0.1) is 11.1 Å². The van der Waals surface area contributed by atoms with Gasteiger partial charge in [0.2, 0.25) is 0 Å². The molecule has 6 N–H and O–H groups in total. The van der Waals surface area contributed by atoms with Gasteiger partial charge in [0.1, 0.15) is 11.5 Å². The number of nitrogens with one attached hydrogen (secondary N) is 2. The first-order valence-corrected chi connectivity index (χ1v) is 7.90. The van der Waals surface area contributed by atoms with Crippen LogP contribution >= 0.6 is 0 Å². The lowest BCUT2D eigenvalue weighted by molar-refractivity contribution is 0.0686. The van der Waals surface area contributed by atoms with Crippen LogP contribution in [0.2, 0.25) is 0 Å². The smallest absolute Gasteiger partial charge is 0.335 e. The number of benzene rings is 2. The molecule has 0 aliphatic rings. The van der Waals surface area contributed by atoms with E-state index in [0.717, 1.165) is 0 Å². The largest absolute Gasteiger partial charge is 0.508 e. The third-order valence-corrected chi connectivity index (χ3v) is 3.76. The fourth-order valence-electron chi connectivity index (χ4n) is 2.34. The normalized spacial score (nSPS) is 10.2. The molecule has 2 rings (SSSR count). The quantitative estimate of drug-likeness (QED) is 0.365. The molecule has 8 nitrogen and oxygen atoms in total. The van der Waals surface area contributed by atoms with Gasteiger partial charge >= 0.3 is 11.9 Å². The second kappa shape index (κ2) is 10.1. The first-order chi connectivity index (χ1) is 12.4. The van der Waals surface area contributed by atoms with Crippen molar-refractivity contribution in [3.8, 4) is 11.5 Å². The van der Waals surface area contributed by atoms with Crippen molar-refractivity contribution in [1.82, 2.24) is 10.6 Å². The van der Waals surface area contributed by atoms with E-state index in [1.165, 1.54) is 36.4 Å². The third kappa shape index (κ3) is 6.28. The summed E-state index contributed by atoms with van der Waals surface area (Å²) in [6, 6.07) is 8.18. The number of carboxylic acid groups (broad SMARTS) is 2. The molecule has 27 heavy (non-hydrogen) atoms. The van der Waals surface area contributed by atoms with Gasteiger partial charge in [0, 0.05) is 37.3 Å². The summed E-state index contributed by atoms with van der Waals surface area (Å²) >= 11 is 0. The highest BCUT2D eigenvalue weighted by molar-refractivity contribution is 5.88. The lowest BCUT2D eigenvalue weighted by atomic mass is 10.1. The maximum absolute atomic E-state index is 10.9. The molecule has 0 radical (unpaired) electrons. The van der Waals surface area contributed by atoms with Crippen molar-refractivity contribution in [2.24, 2.45) is 0 Å². The molecule has 0 fully saturated rings. The number of carbonyl (C=O) groups is 2. The molecule has 0 saturated heterocycles. The molecule has 146 valence electrons. The van der Waals surface area contributed by atoms with E-state index in [4.69, 9.17) is 10.2 Å². The maximum atomic E-state index is 10.9. The van der Waals surface area contributed by atoms with Crippen molar-refractivity contribution in [2.75, 3.05) is 13.1 Å². The van der Waals surface area contributed by atoms with Gasteiger partial charge in [-0.2, -0.15) is 0 Å². The number of rotatable bonds is 9. The Hall–Kier alpha value is -3.10. The monoisotopic (exact) mass is 376 g/mol. The highest BCUT2D eigenvalue weighted by Gasteiger charge is 2.08. The Balaban J connectivity index is 0.00000364. The van der Waals surface area contributed by atoms with Gasteiger partial charge in [0.25, 0.3) is 0 Å². The van der Waals surface area contributed by atoms with Crippen molar-refractivity contribution in [2.45, 2.75) is 20.5 Å². The van der Waals surface area contributed by atoms with Gasteiger partial charge in [-0.15, -0.1) is 0 Å². The van der Waals surface area contributed by atoms with E-state index >= 15 is 0 Å². The number of hydrogen-bond acceptors (Lipinski definition) is 6. The predicted molar refractivity (Wildman–Crippen MR) is 100 cm³/mol. The molecule has 0 saturated carbocycles. The number of phenolic OH excluding ortho intramolecular Hbond substituents is 2. The van der Waals surface area contributed by atoms with Crippen LogP contribution in [0.4, 0.5) is 0 Å². The minimum absolute atomic E-state index is 0. The Kier molecular flexibility index (Phi) is 8.25. The molecule has 0 aliphatic heterocycles. The number of aromatic hydroxyl groups is 2. The minimum atomic E-state index is -1.06. The van der Waals surface area contributed by atoms with Crippen LogP contribution in [0.1, 0.15) is 39.3 Å². The second-order valence-electron chi connectivity index (χ2n) is 5.65. The van der Waals surface area contributed by atoms with Crippen LogP contribution in [0, 0.1) is 0 Å². The summed E-state index contributed by atoms with van der Waals surface area (Å²) < 4.78 is 0. The standard InChI is InChI=1S/C18H20N2O6.CH4/c21-15-3-1-11(17(23)24)7-13(15)9-19-5-6-20-10-14-8-12(18(25)26)2-4-16(14)22;/h1-4,7-8,19-22H,5-6,9-10H2,(H,23,24)(H,25,26);1H4. The number of carboxylic acids is 2. The summed E-state index contributed by atoms with van der Waals surface area (Å²) in [7, 11) is 0. The van der Waals surface area contributed by atoms with Crippen LogP contribution in [0.5, 0.6) is 11.5 Å². The molecular weight excluding hydrogens is 352 g/mol. The first-order valence-electron chi connectivity index (χ1n) is 7.90. The summed E-state index contributed by atoms with van der Waals surface area (Å²) in [6.07, 6.45) is 0. The highest BCUT2D eigenvalue weighted by atomic mass is 16.4. The minimum Gasteiger partial charge on any atom is -0.508 e. The summed E-state index contributed by atoms with van der Waals surface area (Å²) in [5, 5.41) is 43.5. The second-order valence-corrected chi connectivity index (χ2v) is 5.65. The average molecular weight is 376 g/mol. The maximum Gasteiger partial charge on any atom is 0.335 e. The molecule has 0 aliphatic carbocycles. The van der Waals surface area contributed by atoms with Crippen LogP contribution in [-0.2, 0) is 13.1 Å². The van der Waals surface area contributed by atoms with Gasteiger partial charge in [0.15, 0.2) is 0 Å². The van der Waals surface area contributed by atoms with Crippen molar-refractivity contribution in [3.63, 3.8) is 0 Å². The van der Waals surface area contributed by atoms with Crippen LogP contribution in [-0.4, -0.2) is 45.5 Å². The van der Waals surface area contributed by atoms with Crippen LogP contribution in [0.3, 0.4) is 0 Å². The Bertz CT molecular complexity index is 739. The lowest BCUT2D eigenvalue weighted by Gasteiger charge is -2.10. The Morgan fingerprint density at radius 1 is 0.741 bits per heavy atom. The van der Waals surface area contributed by atoms with Crippen molar-refractivity contribution in [3.05, 3.63) is 58.7 Å². The van der Waals surface area contributed by atoms with E-state index in [2.05, 4.69) is 10.6 Å². The molecule has 0 atom stereocenters. The Morgan fingerprint density at radius 3 is 1.44 bits per heavy atom. The molecule has 0 aromatic heterocycles. The van der Waals surface area contributed by atoms with Gasteiger partial charge < -0.3 is 31.1 Å². The summed E-state index contributed by atoms with van der Waals surface area (Å²) in [5.74, 6) is -2.08. The van der Waals surface area contributed by atoms with Gasteiger partial charge in [-0.25, -0.2) is 9.59 Å². The topological polar surface area (TPSA) is 139 Å². The molecule has 0 spiro atoms. The number of hydrogen-bond donors (Lipinski definition) is 6. The summed E-state index contributed by atoms with van der Waals surface area (Å²) in [4.78, 5) is 21.9. The first kappa shape index (κ1) is 21.9. The molecule has 0 amide bonds. The van der Waals surface area contributed by atoms with E-state index in [1.807, 2.05) is 0 Å². The Labute approximate surface area is 157 Å². The van der Waals surface area contributed by atoms with E-state index < -0.39 is 11.9 Å². The summed E-state index contributed by atoms with van der Waals surface area (Å²) in [5.41, 5.74) is 1.17. The van der Waals surface area contributed by atoms with Crippen molar-refractivity contribution in [1.29, 1.82) is 0 Å². The lowest BCUT2D eigenvalue weighted by Crippen LogP contribution is -2.27. The van der Waals surface area contributed by atoms with Gasteiger partial charge in [-0.3, -0.25) is 0 Å². The third-order valence-electron chi connectivity index (χ3n) is 3.76. The summed E-state index contributed by atoms with van der Waals surface area (Å²) in [6.45, 7) is 1.65. The number of aromatic carboxylic acids is 2. The van der Waals surface area contributed by atoms with Crippen molar-refractivity contribution >= 4 is 11.9 Å². The van der Waals surface area contributed by atoms with Crippen molar-refractivity contribution < 1.29 is 30.0 Å². The zero-order valence-electron chi connectivity index (χ0n) is 13.9. The van der Waals surface area contributed by atoms with E-state index in [0.29, 0.717) is 37.3 Å². The van der Waals surface area contributed by atoms with E-state index in [9.17, 15) is 19.8 Å². The molecular formula is C19H24N2O6. The zero-order chi connectivity index (χ0) is 19.1. The predicted octanol–water partition coefficient (Wildman–Crippen LogP) is 2.01. The number of phenols is 2.